The second-order valence-electron chi connectivity index (χ2n) is 6.96. The Morgan fingerprint density at radius 3 is 2.29 bits per heavy atom. The Kier molecular flexibility index (Phi) is 2.57. The van der Waals surface area contributed by atoms with E-state index in [0.29, 0.717) is 0 Å². The number of ether oxygens (including phenoxy) is 1. The van der Waals surface area contributed by atoms with Gasteiger partial charge in [0.15, 0.2) is 0 Å². The molecule has 1 aromatic carbocycles. The molecule has 1 aromatic rings. The summed E-state index contributed by atoms with van der Waals surface area (Å²) in [7, 11) is 0. The minimum absolute atomic E-state index is 0.0530. The van der Waals surface area contributed by atoms with E-state index in [0.717, 1.165) is 12.2 Å². The Morgan fingerprint density at radius 2 is 1.76 bits per heavy atom. The number of rotatable bonds is 0. The molecular formula is C16H24O. The quantitative estimate of drug-likeness (QED) is 0.647. The predicted molar refractivity (Wildman–Crippen MR) is 73.0 cm³/mol. The van der Waals surface area contributed by atoms with Crippen molar-refractivity contribution in [1.29, 1.82) is 0 Å². The van der Waals surface area contributed by atoms with Crippen molar-refractivity contribution in [1.82, 2.24) is 0 Å². The van der Waals surface area contributed by atoms with Crippen molar-refractivity contribution in [3.05, 3.63) is 28.3 Å². The molecule has 0 unspecified atom stereocenters. The third kappa shape index (κ3) is 2.08. The predicted octanol–water partition coefficient (Wildman–Crippen LogP) is 4.31. The van der Waals surface area contributed by atoms with Crippen LogP contribution in [0.1, 0.15) is 56.9 Å². The van der Waals surface area contributed by atoms with E-state index in [1.165, 1.54) is 22.3 Å². The Morgan fingerprint density at radius 1 is 1.18 bits per heavy atom. The molecule has 0 saturated heterocycles. The first-order chi connectivity index (χ1) is 7.62. The van der Waals surface area contributed by atoms with Gasteiger partial charge in [0.1, 0.15) is 11.4 Å². The topological polar surface area (TPSA) is 9.23 Å². The summed E-state index contributed by atoms with van der Waals surface area (Å²) >= 11 is 0. The molecule has 1 nitrogen and oxygen atoms in total. The summed E-state index contributed by atoms with van der Waals surface area (Å²) in [5, 5.41) is 0. The van der Waals surface area contributed by atoms with Crippen molar-refractivity contribution < 1.29 is 4.74 Å². The number of fused-ring (bicyclic) bond motifs is 1. The van der Waals surface area contributed by atoms with Crippen LogP contribution in [0.5, 0.6) is 5.75 Å². The van der Waals surface area contributed by atoms with Gasteiger partial charge in [-0.15, -0.1) is 0 Å². The fourth-order valence-corrected chi connectivity index (χ4v) is 2.98. The van der Waals surface area contributed by atoms with Crippen molar-refractivity contribution in [3.63, 3.8) is 0 Å². The second-order valence-corrected chi connectivity index (χ2v) is 6.96. The van der Waals surface area contributed by atoms with Gasteiger partial charge < -0.3 is 4.74 Å². The molecule has 0 bridgehead atoms. The third-order valence-corrected chi connectivity index (χ3v) is 3.65. The fourth-order valence-electron chi connectivity index (χ4n) is 2.98. The fraction of sp³-hybridized carbons (Fsp3) is 0.625. The molecule has 0 aromatic heterocycles. The maximum absolute atomic E-state index is 6.07. The number of aryl methyl sites for hydroxylation is 1. The van der Waals surface area contributed by atoms with Crippen LogP contribution in [0.15, 0.2) is 6.07 Å². The molecule has 0 spiro atoms. The van der Waals surface area contributed by atoms with Crippen LogP contribution in [0.3, 0.4) is 0 Å². The molecule has 0 fully saturated rings. The maximum atomic E-state index is 6.07. The lowest BCUT2D eigenvalue weighted by Gasteiger charge is -2.26. The van der Waals surface area contributed by atoms with Crippen LogP contribution in [-0.2, 0) is 11.8 Å². The van der Waals surface area contributed by atoms with E-state index in [1.54, 1.807) is 0 Å². The highest BCUT2D eigenvalue weighted by molar-refractivity contribution is 5.54. The number of hydrogen-bond acceptors (Lipinski definition) is 1. The zero-order valence-electron chi connectivity index (χ0n) is 12.2. The zero-order valence-corrected chi connectivity index (χ0v) is 12.2. The smallest absolute Gasteiger partial charge is 0.124 e. The lowest BCUT2D eigenvalue weighted by atomic mass is 9.78. The largest absolute Gasteiger partial charge is 0.487 e. The van der Waals surface area contributed by atoms with E-state index < -0.39 is 0 Å². The molecule has 2 rings (SSSR count). The molecule has 0 amide bonds. The Bertz CT molecular complexity index is 461. The van der Waals surface area contributed by atoms with Gasteiger partial charge in [0, 0.05) is 12.0 Å². The minimum atomic E-state index is -0.0530. The monoisotopic (exact) mass is 232 g/mol. The van der Waals surface area contributed by atoms with Crippen molar-refractivity contribution in [2.75, 3.05) is 0 Å². The molecule has 0 N–H and O–H groups in total. The highest BCUT2D eigenvalue weighted by atomic mass is 16.5. The summed E-state index contributed by atoms with van der Waals surface area (Å²) in [6.45, 7) is 15.6. The summed E-state index contributed by atoms with van der Waals surface area (Å²) in [6, 6.07) is 2.20. The van der Waals surface area contributed by atoms with Gasteiger partial charge in [-0.2, -0.15) is 0 Å². The van der Waals surface area contributed by atoms with Gasteiger partial charge in [0.2, 0.25) is 0 Å². The minimum Gasteiger partial charge on any atom is -0.487 e. The average molecular weight is 232 g/mol. The maximum Gasteiger partial charge on any atom is 0.124 e. The molecule has 94 valence electrons. The third-order valence-electron chi connectivity index (χ3n) is 3.65. The Balaban J connectivity index is 2.69. The number of benzene rings is 1. The number of hydrogen-bond donors (Lipinski definition) is 0. The first-order valence-electron chi connectivity index (χ1n) is 6.44. The van der Waals surface area contributed by atoms with Crippen LogP contribution >= 0.6 is 0 Å². The van der Waals surface area contributed by atoms with Crippen LogP contribution in [0.25, 0.3) is 0 Å². The van der Waals surface area contributed by atoms with Crippen LogP contribution < -0.4 is 4.74 Å². The average Bonchev–Trinajstić information content (AvgIpc) is 2.38. The van der Waals surface area contributed by atoms with E-state index in [2.05, 4.69) is 54.5 Å². The summed E-state index contributed by atoms with van der Waals surface area (Å²) in [4.78, 5) is 0. The molecule has 1 aliphatic heterocycles. The van der Waals surface area contributed by atoms with Crippen LogP contribution in [0, 0.1) is 13.8 Å². The lowest BCUT2D eigenvalue weighted by molar-refractivity contribution is 0.138. The SMILES string of the molecule is Cc1cc2c(c(C(C)(C)C)c1C)CC(C)(C)O2. The zero-order chi connectivity index (χ0) is 13.0. The van der Waals surface area contributed by atoms with Crippen molar-refractivity contribution in [2.45, 2.75) is 65.9 Å². The van der Waals surface area contributed by atoms with Gasteiger partial charge in [-0.05, 0) is 55.9 Å². The van der Waals surface area contributed by atoms with E-state index in [1.807, 2.05) is 0 Å². The highest BCUT2D eigenvalue weighted by Gasteiger charge is 2.35. The lowest BCUT2D eigenvalue weighted by Crippen LogP contribution is -2.25. The Labute approximate surface area is 105 Å². The molecule has 1 heterocycles. The first kappa shape index (κ1) is 12.5. The van der Waals surface area contributed by atoms with Crippen LogP contribution in [0.2, 0.25) is 0 Å². The van der Waals surface area contributed by atoms with Crippen molar-refractivity contribution >= 4 is 0 Å². The van der Waals surface area contributed by atoms with Gasteiger partial charge in [-0.3, -0.25) is 0 Å². The van der Waals surface area contributed by atoms with E-state index in [4.69, 9.17) is 4.74 Å². The summed E-state index contributed by atoms with van der Waals surface area (Å²) < 4.78 is 6.07. The molecular weight excluding hydrogens is 208 g/mol. The standard InChI is InChI=1S/C16H24O/c1-10-8-13-12(9-16(6,7)17-13)14(11(10)2)15(3,4)5/h8H,9H2,1-7H3. The van der Waals surface area contributed by atoms with Crippen molar-refractivity contribution in [2.24, 2.45) is 0 Å². The van der Waals surface area contributed by atoms with Gasteiger partial charge in [-0.25, -0.2) is 0 Å². The molecule has 0 atom stereocenters. The molecule has 1 heteroatoms. The molecule has 0 radical (unpaired) electrons. The summed E-state index contributed by atoms with van der Waals surface area (Å²) in [6.07, 6.45) is 1.02. The van der Waals surface area contributed by atoms with E-state index in [9.17, 15) is 0 Å². The highest BCUT2D eigenvalue weighted by Crippen LogP contribution is 2.43. The molecule has 1 aliphatic rings. The van der Waals surface area contributed by atoms with Crippen LogP contribution in [0.4, 0.5) is 0 Å². The van der Waals surface area contributed by atoms with Gasteiger partial charge >= 0.3 is 0 Å². The van der Waals surface area contributed by atoms with E-state index >= 15 is 0 Å². The van der Waals surface area contributed by atoms with Gasteiger partial charge in [0.05, 0.1) is 0 Å². The second kappa shape index (κ2) is 3.51. The van der Waals surface area contributed by atoms with Gasteiger partial charge in [0.25, 0.3) is 0 Å². The summed E-state index contributed by atoms with van der Waals surface area (Å²) in [5.41, 5.74) is 5.81. The first-order valence-corrected chi connectivity index (χ1v) is 6.44. The summed E-state index contributed by atoms with van der Waals surface area (Å²) in [5.74, 6) is 1.10. The molecule has 0 saturated carbocycles. The Hall–Kier alpha value is -0.980. The molecule has 17 heavy (non-hydrogen) atoms. The van der Waals surface area contributed by atoms with Crippen molar-refractivity contribution in [3.8, 4) is 5.75 Å². The van der Waals surface area contributed by atoms with Crippen LogP contribution in [-0.4, -0.2) is 5.60 Å². The van der Waals surface area contributed by atoms with Gasteiger partial charge in [-0.1, -0.05) is 20.8 Å². The van der Waals surface area contributed by atoms with E-state index in [-0.39, 0.29) is 11.0 Å². The normalized spacial score (nSPS) is 17.8. The molecule has 0 aliphatic carbocycles.